The zero-order valence-corrected chi connectivity index (χ0v) is 17.0. The molecule has 1 amide bonds. The normalized spacial score (nSPS) is 11.2. The number of hydrogen-bond donors (Lipinski definition) is 1. The van der Waals surface area contributed by atoms with E-state index in [4.69, 9.17) is 0 Å². The van der Waals surface area contributed by atoms with Crippen LogP contribution in [0.25, 0.3) is 16.6 Å². The third kappa shape index (κ3) is 3.47. The molecule has 4 aromatic rings. The van der Waals surface area contributed by atoms with Gasteiger partial charge in [-0.3, -0.25) is 4.79 Å². The lowest BCUT2D eigenvalue weighted by atomic mass is 10.1. The van der Waals surface area contributed by atoms with Crippen molar-refractivity contribution in [2.24, 2.45) is 0 Å². The number of fused-ring (bicyclic) bond motifs is 1. The first kappa shape index (κ1) is 19.8. The number of amides is 1. The third-order valence-electron chi connectivity index (χ3n) is 5.15. The maximum Gasteiger partial charge on any atom is 0.259 e. The van der Waals surface area contributed by atoms with Gasteiger partial charge in [0.05, 0.1) is 17.0 Å². The summed E-state index contributed by atoms with van der Waals surface area (Å²) in [6, 6.07) is 11.1. The first-order valence-corrected chi connectivity index (χ1v) is 9.81. The van der Waals surface area contributed by atoms with Crippen LogP contribution in [-0.2, 0) is 6.54 Å². The van der Waals surface area contributed by atoms with Crippen LogP contribution < -0.4 is 5.32 Å². The van der Waals surface area contributed by atoms with Crippen molar-refractivity contribution in [2.75, 3.05) is 5.32 Å². The largest absolute Gasteiger partial charge is 0.347 e. The first-order valence-electron chi connectivity index (χ1n) is 9.81. The Hall–Kier alpha value is -3.48. The maximum absolute atomic E-state index is 14.2. The summed E-state index contributed by atoms with van der Waals surface area (Å²) in [5.74, 6) is -1.74. The molecule has 0 aliphatic rings. The number of aryl methyl sites for hydroxylation is 2. The molecule has 2 aromatic carbocycles. The van der Waals surface area contributed by atoms with Gasteiger partial charge >= 0.3 is 0 Å². The molecule has 0 radical (unpaired) electrons. The Morgan fingerprint density at radius 1 is 1.10 bits per heavy atom. The van der Waals surface area contributed by atoms with E-state index in [0.29, 0.717) is 22.6 Å². The Morgan fingerprint density at radius 3 is 2.63 bits per heavy atom. The number of carbonyl (C=O) groups excluding carboxylic acids is 1. The van der Waals surface area contributed by atoms with Crippen molar-refractivity contribution in [3.63, 3.8) is 0 Å². The highest BCUT2D eigenvalue weighted by Gasteiger charge is 2.21. The molecule has 0 saturated heterocycles. The molecule has 0 aliphatic heterocycles. The third-order valence-corrected chi connectivity index (χ3v) is 5.15. The van der Waals surface area contributed by atoms with Crippen molar-refractivity contribution < 1.29 is 13.6 Å². The van der Waals surface area contributed by atoms with Gasteiger partial charge in [-0.1, -0.05) is 6.92 Å². The van der Waals surface area contributed by atoms with Crippen molar-refractivity contribution in [3.8, 4) is 5.69 Å². The van der Waals surface area contributed by atoms with E-state index >= 15 is 0 Å². The summed E-state index contributed by atoms with van der Waals surface area (Å²) in [4.78, 5) is 13.0. The molecular weight excluding hydrogens is 386 g/mol. The fourth-order valence-corrected chi connectivity index (χ4v) is 3.77. The lowest BCUT2D eigenvalue weighted by molar-refractivity contribution is 0.102. The number of aromatic nitrogens is 3. The van der Waals surface area contributed by atoms with Gasteiger partial charge in [0.2, 0.25) is 0 Å². The first-order chi connectivity index (χ1) is 14.4. The van der Waals surface area contributed by atoms with Crippen LogP contribution in [0, 0.1) is 25.5 Å². The number of benzene rings is 2. The summed E-state index contributed by atoms with van der Waals surface area (Å²) in [5.41, 5.74) is 3.18. The second-order valence-corrected chi connectivity index (χ2v) is 7.29. The molecule has 0 saturated carbocycles. The number of carbonyl (C=O) groups is 1. The van der Waals surface area contributed by atoms with E-state index in [1.165, 1.54) is 10.7 Å². The minimum absolute atomic E-state index is 0.0923. The summed E-state index contributed by atoms with van der Waals surface area (Å²) in [5, 5.41) is 8.24. The summed E-state index contributed by atoms with van der Waals surface area (Å²) < 4.78 is 30.9. The van der Waals surface area contributed by atoms with Crippen molar-refractivity contribution in [1.29, 1.82) is 0 Å². The standard InChI is InChI=1S/C23H22F2N4O/c1-4-10-28-11-9-16-12-18(6-8-20(16)28)26-23(30)22-14(2)27-29(15(22)3)21-7-5-17(24)13-19(21)25/h5-9,11-13H,4,10H2,1-3H3,(H,26,30). The Labute approximate surface area is 172 Å². The monoisotopic (exact) mass is 408 g/mol. The highest BCUT2D eigenvalue weighted by Crippen LogP contribution is 2.24. The predicted octanol–water partition coefficient (Wildman–Crippen LogP) is 5.38. The molecule has 0 spiro atoms. The van der Waals surface area contributed by atoms with Crippen molar-refractivity contribution in [1.82, 2.24) is 14.3 Å². The van der Waals surface area contributed by atoms with Gasteiger partial charge in [-0.25, -0.2) is 13.5 Å². The van der Waals surface area contributed by atoms with Crippen molar-refractivity contribution in [3.05, 3.63) is 77.2 Å². The highest BCUT2D eigenvalue weighted by molar-refractivity contribution is 6.06. The fourth-order valence-electron chi connectivity index (χ4n) is 3.77. The molecule has 154 valence electrons. The van der Waals surface area contributed by atoms with Crippen LogP contribution in [-0.4, -0.2) is 20.3 Å². The van der Waals surface area contributed by atoms with Gasteiger partial charge in [0.15, 0.2) is 5.82 Å². The van der Waals surface area contributed by atoms with Gasteiger partial charge in [0.1, 0.15) is 11.5 Å². The van der Waals surface area contributed by atoms with Gasteiger partial charge in [-0.2, -0.15) is 5.10 Å². The Morgan fingerprint density at radius 2 is 1.90 bits per heavy atom. The predicted molar refractivity (Wildman–Crippen MR) is 113 cm³/mol. The molecule has 0 atom stereocenters. The van der Waals surface area contributed by atoms with Gasteiger partial charge in [0, 0.05) is 35.4 Å². The molecule has 7 heteroatoms. The summed E-state index contributed by atoms with van der Waals surface area (Å²) in [6.45, 7) is 6.44. The van der Waals surface area contributed by atoms with Crippen LogP contribution in [0.15, 0.2) is 48.7 Å². The highest BCUT2D eigenvalue weighted by atomic mass is 19.1. The molecular formula is C23H22F2N4O. The van der Waals surface area contributed by atoms with Gasteiger partial charge < -0.3 is 9.88 Å². The lowest BCUT2D eigenvalue weighted by Gasteiger charge is -2.09. The SMILES string of the molecule is CCCn1ccc2cc(NC(=O)c3c(C)nn(-c4ccc(F)cc4F)c3C)ccc21. The van der Waals surface area contributed by atoms with Crippen LogP contribution in [0.5, 0.6) is 0 Å². The van der Waals surface area contributed by atoms with E-state index in [1.807, 2.05) is 30.5 Å². The van der Waals surface area contributed by atoms with Crippen LogP contribution in [0.4, 0.5) is 14.5 Å². The molecule has 2 aromatic heterocycles. The van der Waals surface area contributed by atoms with Crippen molar-refractivity contribution in [2.45, 2.75) is 33.7 Å². The van der Waals surface area contributed by atoms with E-state index in [0.717, 1.165) is 36.0 Å². The Balaban J connectivity index is 1.64. The van der Waals surface area contributed by atoms with Crippen LogP contribution in [0.3, 0.4) is 0 Å². The number of anilines is 1. The molecule has 1 N–H and O–H groups in total. The zero-order valence-electron chi connectivity index (χ0n) is 17.0. The second-order valence-electron chi connectivity index (χ2n) is 7.29. The van der Waals surface area contributed by atoms with Gasteiger partial charge in [-0.15, -0.1) is 0 Å². The number of hydrogen-bond acceptors (Lipinski definition) is 2. The minimum atomic E-state index is -0.741. The summed E-state index contributed by atoms with van der Waals surface area (Å²) >= 11 is 0. The van der Waals surface area contributed by atoms with E-state index in [1.54, 1.807) is 13.8 Å². The number of nitrogens with one attached hydrogen (secondary N) is 1. The second kappa shape index (κ2) is 7.74. The topological polar surface area (TPSA) is 51.9 Å². The average Bonchev–Trinajstić information content (AvgIpc) is 3.22. The molecule has 5 nitrogen and oxygen atoms in total. The van der Waals surface area contributed by atoms with E-state index in [9.17, 15) is 13.6 Å². The minimum Gasteiger partial charge on any atom is -0.347 e. The molecule has 2 heterocycles. The average molecular weight is 408 g/mol. The van der Waals surface area contributed by atoms with Crippen LogP contribution in [0.2, 0.25) is 0 Å². The lowest BCUT2D eigenvalue weighted by Crippen LogP contribution is -2.14. The van der Waals surface area contributed by atoms with E-state index < -0.39 is 11.6 Å². The molecule has 4 rings (SSSR count). The number of nitrogens with zero attached hydrogens (tertiary/aromatic N) is 3. The van der Waals surface area contributed by atoms with Gasteiger partial charge in [-0.05, 0) is 56.7 Å². The van der Waals surface area contributed by atoms with E-state index in [2.05, 4.69) is 21.9 Å². The van der Waals surface area contributed by atoms with Crippen LogP contribution >= 0.6 is 0 Å². The van der Waals surface area contributed by atoms with E-state index in [-0.39, 0.29) is 11.6 Å². The summed E-state index contributed by atoms with van der Waals surface area (Å²) in [6.07, 6.45) is 3.08. The molecule has 0 unspecified atom stereocenters. The molecule has 0 aliphatic carbocycles. The number of rotatable bonds is 5. The van der Waals surface area contributed by atoms with Crippen molar-refractivity contribution >= 4 is 22.5 Å². The fraction of sp³-hybridized carbons (Fsp3) is 0.217. The van der Waals surface area contributed by atoms with Gasteiger partial charge in [0.25, 0.3) is 5.91 Å². The zero-order chi connectivity index (χ0) is 21.4. The molecule has 30 heavy (non-hydrogen) atoms. The smallest absolute Gasteiger partial charge is 0.259 e. The molecule has 0 bridgehead atoms. The molecule has 0 fully saturated rings. The van der Waals surface area contributed by atoms with Crippen LogP contribution in [0.1, 0.15) is 35.1 Å². The summed E-state index contributed by atoms with van der Waals surface area (Å²) in [7, 11) is 0. The Bertz CT molecular complexity index is 1260. The maximum atomic E-state index is 14.2. The number of halogens is 2. The quantitative estimate of drug-likeness (QED) is 0.482. The Kier molecular flexibility index (Phi) is 5.11.